The third-order valence-corrected chi connectivity index (χ3v) is 5.97. The van der Waals surface area contributed by atoms with E-state index in [2.05, 4.69) is 48.1 Å². The smallest absolute Gasteiger partial charge is 0.191 e. The average molecular weight is 366 g/mol. The Hall–Kier alpha value is -0.810. The van der Waals surface area contributed by atoms with Crippen LogP contribution in [0.5, 0.6) is 0 Å². The molecule has 0 saturated carbocycles. The summed E-state index contributed by atoms with van der Waals surface area (Å²) < 4.78 is 0. The minimum absolute atomic E-state index is 0.568. The van der Waals surface area contributed by atoms with E-state index >= 15 is 0 Å². The Morgan fingerprint density at radius 1 is 1.04 bits per heavy atom. The first-order chi connectivity index (χ1) is 12.6. The first kappa shape index (κ1) is 21.5. The van der Waals surface area contributed by atoms with Gasteiger partial charge in [0, 0.05) is 38.3 Å². The highest BCUT2D eigenvalue weighted by molar-refractivity contribution is 5.80. The van der Waals surface area contributed by atoms with Gasteiger partial charge in [-0.2, -0.15) is 0 Å². The van der Waals surface area contributed by atoms with Crippen molar-refractivity contribution in [2.45, 2.75) is 78.3 Å². The van der Waals surface area contributed by atoms with Crippen LogP contribution < -0.4 is 10.6 Å². The number of rotatable bonds is 8. The first-order valence-corrected chi connectivity index (χ1v) is 11.1. The normalized spacial score (nSPS) is 22.1. The van der Waals surface area contributed by atoms with Gasteiger partial charge in [0.25, 0.3) is 0 Å². The van der Waals surface area contributed by atoms with Crippen LogP contribution in [0.2, 0.25) is 0 Å². The Bertz CT molecular complexity index is 393. The highest BCUT2D eigenvalue weighted by Crippen LogP contribution is 2.16. The highest BCUT2D eigenvalue weighted by Gasteiger charge is 2.21. The van der Waals surface area contributed by atoms with Crippen LogP contribution in [-0.2, 0) is 0 Å². The van der Waals surface area contributed by atoms with Gasteiger partial charge in [0.1, 0.15) is 0 Å². The zero-order chi connectivity index (χ0) is 18.8. The molecule has 0 aromatic carbocycles. The molecule has 0 aromatic heterocycles. The van der Waals surface area contributed by atoms with Crippen LogP contribution in [0.3, 0.4) is 0 Å². The maximum Gasteiger partial charge on any atom is 0.191 e. The second-order valence-corrected chi connectivity index (χ2v) is 8.54. The molecule has 0 spiro atoms. The second-order valence-electron chi connectivity index (χ2n) is 8.54. The van der Waals surface area contributed by atoms with Gasteiger partial charge in [-0.15, -0.1) is 0 Å². The van der Waals surface area contributed by atoms with Gasteiger partial charge in [0.15, 0.2) is 5.96 Å². The van der Waals surface area contributed by atoms with Crippen molar-refractivity contribution in [2.24, 2.45) is 10.9 Å². The van der Waals surface area contributed by atoms with E-state index in [0.717, 1.165) is 25.0 Å². The van der Waals surface area contributed by atoms with Crippen LogP contribution in [0.4, 0.5) is 0 Å². The van der Waals surface area contributed by atoms with E-state index in [1.165, 1.54) is 71.2 Å². The summed E-state index contributed by atoms with van der Waals surface area (Å²) in [5.74, 6) is 1.94. The Balaban J connectivity index is 1.63. The lowest BCUT2D eigenvalue weighted by atomic mass is 9.99. The highest BCUT2D eigenvalue weighted by atomic mass is 15.2. The van der Waals surface area contributed by atoms with E-state index in [-0.39, 0.29) is 0 Å². The average Bonchev–Trinajstić information content (AvgIpc) is 2.63. The van der Waals surface area contributed by atoms with Crippen molar-refractivity contribution in [2.75, 3.05) is 45.8 Å². The van der Waals surface area contributed by atoms with Gasteiger partial charge in [0.05, 0.1) is 0 Å². The van der Waals surface area contributed by atoms with Crippen LogP contribution in [0.25, 0.3) is 0 Å². The fourth-order valence-electron chi connectivity index (χ4n) is 4.00. The number of unbranched alkanes of at least 4 members (excludes halogenated alkanes) is 1. The number of guanidine groups is 1. The van der Waals surface area contributed by atoms with Crippen molar-refractivity contribution in [1.29, 1.82) is 0 Å². The molecule has 0 aromatic rings. The standard InChI is InChI=1S/C21H43N5/c1-5-22-21(24-20-10-16-26(17-11-20)18(2)3)23-12-6-7-13-25-14-8-19(4)9-15-25/h18-20H,5-17H2,1-4H3,(H2,22,23,24). The zero-order valence-corrected chi connectivity index (χ0v) is 17.8. The molecule has 26 heavy (non-hydrogen) atoms. The maximum absolute atomic E-state index is 4.82. The van der Waals surface area contributed by atoms with Gasteiger partial charge in [0.2, 0.25) is 0 Å². The predicted octanol–water partition coefficient (Wildman–Crippen LogP) is 2.93. The largest absolute Gasteiger partial charge is 0.357 e. The second kappa shape index (κ2) is 11.8. The van der Waals surface area contributed by atoms with Gasteiger partial charge in [-0.1, -0.05) is 6.92 Å². The van der Waals surface area contributed by atoms with E-state index in [0.29, 0.717) is 12.1 Å². The lowest BCUT2D eigenvalue weighted by Crippen LogP contribution is -2.49. The molecule has 0 amide bonds. The Labute approximate surface area is 162 Å². The van der Waals surface area contributed by atoms with Crippen LogP contribution in [0.1, 0.15) is 66.2 Å². The Kier molecular flexibility index (Phi) is 9.76. The number of piperidine rings is 2. The molecule has 0 radical (unpaired) electrons. The molecule has 0 bridgehead atoms. The molecule has 5 heteroatoms. The van der Waals surface area contributed by atoms with E-state index in [4.69, 9.17) is 4.99 Å². The summed E-state index contributed by atoms with van der Waals surface area (Å²) in [7, 11) is 0. The van der Waals surface area contributed by atoms with E-state index < -0.39 is 0 Å². The third kappa shape index (κ3) is 7.83. The summed E-state index contributed by atoms with van der Waals surface area (Å²) in [5.41, 5.74) is 0. The molecular formula is C21H43N5. The summed E-state index contributed by atoms with van der Waals surface area (Å²) in [5, 5.41) is 7.09. The lowest BCUT2D eigenvalue weighted by molar-refractivity contribution is 0.167. The number of likely N-dealkylation sites (tertiary alicyclic amines) is 2. The fraction of sp³-hybridized carbons (Fsp3) is 0.952. The lowest BCUT2D eigenvalue weighted by Gasteiger charge is -2.35. The van der Waals surface area contributed by atoms with Crippen LogP contribution in [0.15, 0.2) is 4.99 Å². The molecule has 2 aliphatic rings. The zero-order valence-electron chi connectivity index (χ0n) is 17.8. The summed E-state index contributed by atoms with van der Waals surface area (Å²) >= 11 is 0. The van der Waals surface area contributed by atoms with Gasteiger partial charge in [-0.25, -0.2) is 0 Å². The van der Waals surface area contributed by atoms with E-state index in [9.17, 15) is 0 Å². The van der Waals surface area contributed by atoms with Gasteiger partial charge in [-0.3, -0.25) is 4.99 Å². The van der Waals surface area contributed by atoms with Gasteiger partial charge >= 0.3 is 0 Å². The molecule has 2 rings (SSSR count). The molecule has 2 heterocycles. The number of hydrogen-bond acceptors (Lipinski definition) is 3. The van der Waals surface area contributed by atoms with E-state index in [1.54, 1.807) is 0 Å². The molecule has 2 aliphatic heterocycles. The van der Waals surface area contributed by atoms with Crippen molar-refractivity contribution >= 4 is 5.96 Å². The van der Waals surface area contributed by atoms with E-state index in [1.807, 2.05) is 0 Å². The van der Waals surface area contributed by atoms with Crippen molar-refractivity contribution in [3.8, 4) is 0 Å². The fourth-order valence-corrected chi connectivity index (χ4v) is 4.00. The van der Waals surface area contributed by atoms with Crippen LogP contribution >= 0.6 is 0 Å². The van der Waals surface area contributed by atoms with Crippen molar-refractivity contribution in [3.05, 3.63) is 0 Å². The quantitative estimate of drug-likeness (QED) is 0.394. The molecule has 2 N–H and O–H groups in total. The Morgan fingerprint density at radius 2 is 1.73 bits per heavy atom. The van der Waals surface area contributed by atoms with Gasteiger partial charge < -0.3 is 20.4 Å². The summed E-state index contributed by atoms with van der Waals surface area (Å²) in [6.45, 7) is 17.2. The van der Waals surface area contributed by atoms with Crippen molar-refractivity contribution < 1.29 is 0 Å². The summed E-state index contributed by atoms with van der Waals surface area (Å²) in [4.78, 5) is 10.0. The van der Waals surface area contributed by atoms with Crippen LogP contribution in [-0.4, -0.2) is 73.7 Å². The molecule has 5 nitrogen and oxygen atoms in total. The molecule has 0 aliphatic carbocycles. The molecular weight excluding hydrogens is 322 g/mol. The molecule has 2 fully saturated rings. The number of nitrogens with one attached hydrogen (secondary N) is 2. The maximum atomic E-state index is 4.82. The molecule has 0 atom stereocenters. The molecule has 2 saturated heterocycles. The molecule has 152 valence electrons. The topological polar surface area (TPSA) is 42.9 Å². The Morgan fingerprint density at radius 3 is 2.35 bits per heavy atom. The minimum atomic E-state index is 0.568. The number of hydrogen-bond donors (Lipinski definition) is 2. The number of nitrogens with zero attached hydrogens (tertiary/aromatic N) is 3. The molecule has 0 unspecified atom stereocenters. The summed E-state index contributed by atoms with van der Waals surface area (Å²) in [6.07, 6.45) is 7.65. The van der Waals surface area contributed by atoms with Crippen molar-refractivity contribution in [1.82, 2.24) is 20.4 Å². The third-order valence-electron chi connectivity index (χ3n) is 5.97. The minimum Gasteiger partial charge on any atom is -0.357 e. The number of aliphatic imine (C=N–C) groups is 1. The first-order valence-electron chi connectivity index (χ1n) is 11.1. The monoisotopic (exact) mass is 365 g/mol. The summed E-state index contributed by atoms with van der Waals surface area (Å²) in [6, 6.07) is 1.24. The predicted molar refractivity (Wildman–Crippen MR) is 113 cm³/mol. The van der Waals surface area contributed by atoms with Crippen molar-refractivity contribution in [3.63, 3.8) is 0 Å². The van der Waals surface area contributed by atoms with Gasteiger partial charge in [-0.05, 0) is 84.8 Å². The SMILES string of the molecule is CCNC(=NCCCCN1CCC(C)CC1)NC1CCN(C(C)C)CC1. The van der Waals surface area contributed by atoms with Crippen LogP contribution in [0, 0.1) is 5.92 Å².